The fourth-order valence-corrected chi connectivity index (χ4v) is 2.68. The molecule has 20 heavy (non-hydrogen) atoms. The number of aryl methyl sites for hydroxylation is 3. The highest BCUT2D eigenvalue weighted by atomic mass is 16.5. The molecule has 1 N–H and O–H groups in total. The van der Waals surface area contributed by atoms with Gasteiger partial charge in [0.2, 0.25) is 0 Å². The Morgan fingerprint density at radius 2 is 2.10 bits per heavy atom. The maximum Gasteiger partial charge on any atom is 0.124 e. The minimum absolute atomic E-state index is 0.0862. The van der Waals surface area contributed by atoms with Gasteiger partial charge in [0.25, 0.3) is 0 Å². The molecular weight excluding hydrogens is 250 g/mol. The second-order valence-electron chi connectivity index (χ2n) is 5.12. The van der Waals surface area contributed by atoms with E-state index in [-0.39, 0.29) is 6.04 Å². The SMILES string of the molecule is CCNC(c1c(C)cc(C)cc1OC)c1cncn1C. The summed E-state index contributed by atoms with van der Waals surface area (Å²) in [4.78, 5) is 4.24. The zero-order valence-electron chi connectivity index (χ0n) is 12.9. The number of ether oxygens (including phenoxy) is 1. The molecule has 4 nitrogen and oxygen atoms in total. The van der Waals surface area contributed by atoms with Crippen molar-refractivity contribution < 1.29 is 4.74 Å². The highest BCUT2D eigenvalue weighted by Gasteiger charge is 2.22. The van der Waals surface area contributed by atoms with Gasteiger partial charge in [0.05, 0.1) is 31.4 Å². The van der Waals surface area contributed by atoms with Gasteiger partial charge in [-0.15, -0.1) is 0 Å². The topological polar surface area (TPSA) is 39.1 Å². The van der Waals surface area contributed by atoms with Crippen LogP contribution in [0.3, 0.4) is 0 Å². The van der Waals surface area contributed by atoms with E-state index >= 15 is 0 Å². The molecule has 1 unspecified atom stereocenters. The molecule has 1 aromatic carbocycles. The minimum Gasteiger partial charge on any atom is -0.496 e. The quantitative estimate of drug-likeness (QED) is 0.910. The lowest BCUT2D eigenvalue weighted by Gasteiger charge is -2.23. The van der Waals surface area contributed by atoms with Crippen LogP contribution in [0.25, 0.3) is 0 Å². The molecular formula is C16H23N3O. The molecule has 1 aromatic heterocycles. The van der Waals surface area contributed by atoms with Crippen molar-refractivity contribution in [1.29, 1.82) is 0 Å². The van der Waals surface area contributed by atoms with Gasteiger partial charge in [-0.2, -0.15) is 0 Å². The van der Waals surface area contributed by atoms with Crippen LogP contribution in [0.5, 0.6) is 5.75 Å². The average molecular weight is 273 g/mol. The summed E-state index contributed by atoms with van der Waals surface area (Å²) in [6.45, 7) is 7.21. The predicted octanol–water partition coefficient (Wildman–Crippen LogP) is 2.74. The van der Waals surface area contributed by atoms with Gasteiger partial charge in [0.1, 0.15) is 5.75 Å². The summed E-state index contributed by atoms with van der Waals surface area (Å²) in [7, 11) is 3.74. The Kier molecular flexibility index (Phi) is 4.45. The molecule has 0 spiro atoms. The third kappa shape index (κ3) is 2.70. The second kappa shape index (κ2) is 6.09. The molecule has 1 atom stereocenters. The number of nitrogens with one attached hydrogen (secondary N) is 1. The zero-order valence-corrected chi connectivity index (χ0v) is 12.9. The van der Waals surface area contributed by atoms with Crippen LogP contribution in [0.4, 0.5) is 0 Å². The molecule has 0 bridgehead atoms. The second-order valence-corrected chi connectivity index (χ2v) is 5.12. The molecule has 0 aliphatic rings. The smallest absolute Gasteiger partial charge is 0.124 e. The highest BCUT2D eigenvalue weighted by molar-refractivity contribution is 5.47. The Morgan fingerprint density at radius 1 is 1.35 bits per heavy atom. The van der Waals surface area contributed by atoms with Crippen molar-refractivity contribution in [3.05, 3.63) is 47.0 Å². The van der Waals surface area contributed by atoms with Crippen LogP contribution < -0.4 is 10.1 Å². The number of benzene rings is 1. The summed E-state index contributed by atoms with van der Waals surface area (Å²) < 4.78 is 7.65. The van der Waals surface area contributed by atoms with Gasteiger partial charge in [-0.25, -0.2) is 4.98 Å². The lowest BCUT2D eigenvalue weighted by Crippen LogP contribution is -2.25. The Balaban J connectivity index is 2.58. The first-order valence-electron chi connectivity index (χ1n) is 6.93. The van der Waals surface area contributed by atoms with E-state index in [2.05, 4.69) is 43.2 Å². The number of hydrogen-bond acceptors (Lipinski definition) is 3. The Bertz CT molecular complexity index is 589. The highest BCUT2D eigenvalue weighted by Crippen LogP contribution is 2.33. The van der Waals surface area contributed by atoms with Gasteiger partial charge in [0.15, 0.2) is 0 Å². The van der Waals surface area contributed by atoms with E-state index < -0.39 is 0 Å². The molecule has 1 heterocycles. The summed E-state index contributed by atoms with van der Waals surface area (Å²) in [5.74, 6) is 0.926. The van der Waals surface area contributed by atoms with Crippen LogP contribution in [0.2, 0.25) is 0 Å². The number of aromatic nitrogens is 2. The lowest BCUT2D eigenvalue weighted by atomic mass is 9.95. The van der Waals surface area contributed by atoms with Crippen molar-refractivity contribution in [3.63, 3.8) is 0 Å². The van der Waals surface area contributed by atoms with E-state index in [9.17, 15) is 0 Å². The molecule has 108 valence electrons. The molecule has 0 aliphatic heterocycles. The molecule has 0 fully saturated rings. The molecule has 0 saturated heterocycles. The van der Waals surface area contributed by atoms with Crippen LogP contribution in [0.15, 0.2) is 24.7 Å². The van der Waals surface area contributed by atoms with Crippen molar-refractivity contribution in [2.45, 2.75) is 26.8 Å². The number of nitrogens with zero attached hydrogens (tertiary/aromatic N) is 2. The van der Waals surface area contributed by atoms with Crippen molar-refractivity contribution in [2.24, 2.45) is 7.05 Å². The minimum atomic E-state index is 0.0862. The number of methoxy groups -OCH3 is 1. The number of rotatable bonds is 5. The van der Waals surface area contributed by atoms with Gasteiger partial charge in [-0.05, 0) is 37.6 Å². The van der Waals surface area contributed by atoms with Crippen molar-refractivity contribution >= 4 is 0 Å². The summed E-state index contributed by atoms with van der Waals surface area (Å²) in [6.07, 6.45) is 3.74. The molecule has 4 heteroatoms. The van der Waals surface area contributed by atoms with E-state index in [1.165, 1.54) is 16.7 Å². The van der Waals surface area contributed by atoms with E-state index in [0.29, 0.717) is 0 Å². The Morgan fingerprint density at radius 3 is 2.65 bits per heavy atom. The van der Waals surface area contributed by atoms with Crippen molar-refractivity contribution in [1.82, 2.24) is 14.9 Å². The van der Waals surface area contributed by atoms with Gasteiger partial charge < -0.3 is 14.6 Å². The molecule has 2 aromatic rings. The maximum atomic E-state index is 5.60. The van der Waals surface area contributed by atoms with Crippen LogP contribution in [-0.4, -0.2) is 23.2 Å². The average Bonchev–Trinajstić information content (AvgIpc) is 2.82. The Labute approximate surface area is 120 Å². The lowest BCUT2D eigenvalue weighted by molar-refractivity contribution is 0.402. The largest absolute Gasteiger partial charge is 0.496 e. The van der Waals surface area contributed by atoms with Gasteiger partial charge >= 0.3 is 0 Å². The standard InChI is InChI=1S/C16H23N3O/c1-6-18-16(13-9-17-10-19(13)4)15-12(3)7-11(2)8-14(15)20-5/h7-10,16,18H,6H2,1-5H3. The molecule has 0 amide bonds. The predicted molar refractivity (Wildman–Crippen MR) is 81.2 cm³/mol. The van der Waals surface area contributed by atoms with E-state index in [1.807, 2.05) is 24.1 Å². The summed E-state index contributed by atoms with van der Waals surface area (Å²) in [6, 6.07) is 4.37. The fourth-order valence-electron chi connectivity index (χ4n) is 2.68. The van der Waals surface area contributed by atoms with Crippen LogP contribution >= 0.6 is 0 Å². The third-order valence-electron chi connectivity index (χ3n) is 3.56. The van der Waals surface area contributed by atoms with Gasteiger partial charge in [-0.1, -0.05) is 13.0 Å². The van der Waals surface area contributed by atoms with Crippen LogP contribution in [0.1, 0.15) is 35.3 Å². The summed E-state index contributed by atoms with van der Waals surface area (Å²) in [5, 5.41) is 3.54. The first kappa shape index (κ1) is 14.6. The summed E-state index contributed by atoms with van der Waals surface area (Å²) >= 11 is 0. The first-order valence-corrected chi connectivity index (χ1v) is 6.93. The van der Waals surface area contributed by atoms with E-state index in [1.54, 1.807) is 7.11 Å². The monoisotopic (exact) mass is 273 g/mol. The number of imidazole rings is 1. The third-order valence-corrected chi connectivity index (χ3v) is 3.56. The Hall–Kier alpha value is -1.81. The van der Waals surface area contributed by atoms with Crippen molar-refractivity contribution in [3.8, 4) is 5.75 Å². The maximum absolute atomic E-state index is 5.60. The zero-order chi connectivity index (χ0) is 14.7. The molecule has 0 aliphatic carbocycles. The van der Waals surface area contributed by atoms with Gasteiger partial charge in [-0.3, -0.25) is 0 Å². The molecule has 2 rings (SSSR count). The van der Waals surface area contributed by atoms with Crippen molar-refractivity contribution in [2.75, 3.05) is 13.7 Å². The number of hydrogen-bond donors (Lipinski definition) is 1. The van der Waals surface area contributed by atoms with Crippen LogP contribution in [-0.2, 0) is 7.05 Å². The molecule has 0 radical (unpaired) electrons. The van der Waals surface area contributed by atoms with Gasteiger partial charge in [0, 0.05) is 12.6 Å². The normalized spacial score (nSPS) is 12.4. The molecule has 0 saturated carbocycles. The first-order chi connectivity index (χ1) is 9.58. The fraction of sp³-hybridized carbons (Fsp3) is 0.438. The van der Waals surface area contributed by atoms with E-state index in [4.69, 9.17) is 4.74 Å². The van der Waals surface area contributed by atoms with E-state index in [0.717, 1.165) is 18.0 Å². The summed E-state index contributed by atoms with van der Waals surface area (Å²) in [5.41, 5.74) is 4.76. The van der Waals surface area contributed by atoms with Crippen LogP contribution in [0, 0.1) is 13.8 Å².